The van der Waals surface area contributed by atoms with Gasteiger partial charge < -0.3 is 14.5 Å². The molecule has 0 spiro atoms. The highest BCUT2D eigenvalue weighted by Crippen LogP contribution is 2.31. The van der Waals surface area contributed by atoms with Gasteiger partial charge in [-0.25, -0.2) is 0 Å². The number of nitrogens with zero attached hydrogens (tertiary/aromatic N) is 2. The Balaban J connectivity index is 1.64. The molecule has 134 valence electrons. The van der Waals surface area contributed by atoms with Crippen molar-refractivity contribution in [2.75, 3.05) is 46.4 Å². The number of rotatable bonds is 7. The fraction of sp³-hybridized carbons (Fsp3) is 0.455. The van der Waals surface area contributed by atoms with Crippen LogP contribution in [0.3, 0.4) is 0 Å². The van der Waals surface area contributed by atoms with E-state index in [9.17, 15) is 0 Å². The summed E-state index contributed by atoms with van der Waals surface area (Å²) in [6, 6.07) is 17.2. The van der Waals surface area contributed by atoms with Gasteiger partial charge >= 0.3 is 0 Å². The van der Waals surface area contributed by atoms with Crippen molar-refractivity contribution < 1.29 is 4.74 Å². The quantitative estimate of drug-likeness (QED) is 0.761. The van der Waals surface area contributed by atoms with Crippen LogP contribution in [0.2, 0.25) is 0 Å². The Kier molecular flexibility index (Phi) is 6.48. The second-order valence-electron chi connectivity index (χ2n) is 6.88. The molecule has 1 aliphatic heterocycles. The fourth-order valence-electron chi connectivity index (χ4n) is 3.44. The lowest BCUT2D eigenvalue weighted by atomic mass is 9.99. The topological polar surface area (TPSA) is 15.7 Å². The predicted molar refractivity (Wildman–Crippen MR) is 105 cm³/mol. The second-order valence-corrected chi connectivity index (χ2v) is 6.88. The molecule has 0 atom stereocenters. The maximum Gasteiger partial charge on any atom is 0.127 e. The van der Waals surface area contributed by atoms with Crippen LogP contribution >= 0.6 is 0 Å². The number of hydrogen-bond acceptors (Lipinski definition) is 3. The zero-order valence-electron chi connectivity index (χ0n) is 15.6. The lowest BCUT2D eigenvalue weighted by Crippen LogP contribution is -2.44. The van der Waals surface area contributed by atoms with Crippen LogP contribution in [0.5, 0.6) is 5.75 Å². The Morgan fingerprint density at radius 2 is 1.72 bits per heavy atom. The maximum absolute atomic E-state index is 5.84. The van der Waals surface area contributed by atoms with Crippen molar-refractivity contribution >= 4 is 0 Å². The third-order valence-electron chi connectivity index (χ3n) is 4.96. The normalized spacial score (nSPS) is 16.1. The van der Waals surface area contributed by atoms with Gasteiger partial charge in [0.25, 0.3) is 0 Å². The molecule has 0 amide bonds. The van der Waals surface area contributed by atoms with E-state index in [4.69, 9.17) is 4.74 Å². The lowest BCUT2D eigenvalue weighted by Gasteiger charge is -2.32. The van der Waals surface area contributed by atoms with Crippen LogP contribution in [0.4, 0.5) is 0 Å². The largest absolute Gasteiger partial charge is 0.493 e. The molecule has 1 fully saturated rings. The summed E-state index contributed by atoms with van der Waals surface area (Å²) in [5.74, 6) is 0.983. The molecular formula is C22H30N2O. The summed E-state index contributed by atoms with van der Waals surface area (Å²) < 4.78 is 5.84. The summed E-state index contributed by atoms with van der Waals surface area (Å²) in [6.07, 6.45) is 2.34. The van der Waals surface area contributed by atoms with Gasteiger partial charge in [0.15, 0.2) is 0 Å². The van der Waals surface area contributed by atoms with Crippen LogP contribution in [0.25, 0.3) is 11.1 Å². The van der Waals surface area contributed by atoms with Crippen molar-refractivity contribution in [3.63, 3.8) is 0 Å². The number of benzene rings is 2. The van der Waals surface area contributed by atoms with Gasteiger partial charge in [-0.15, -0.1) is 0 Å². The summed E-state index contributed by atoms with van der Waals surface area (Å²) in [5.41, 5.74) is 3.84. The van der Waals surface area contributed by atoms with Crippen molar-refractivity contribution in [3.8, 4) is 16.9 Å². The first-order valence-corrected chi connectivity index (χ1v) is 9.48. The van der Waals surface area contributed by atoms with Crippen molar-refractivity contribution in [3.05, 3.63) is 54.1 Å². The van der Waals surface area contributed by atoms with Gasteiger partial charge in [0, 0.05) is 31.7 Å². The second kappa shape index (κ2) is 9.02. The molecule has 3 heteroatoms. The fourth-order valence-corrected chi connectivity index (χ4v) is 3.44. The van der Waals surface area contributed by atoms with Gasteiger partial charge in [0.1, 0.15) is 5.75 Å². The zero-order chi connectivity index (χ0) is 17.5. The number of aryl methyl sites for hydroxylation is 1. The van der Waals surface area contributed by atoms with Crippen LogP contribution < -0.4 is 4.74 Å². The molecule has 0 aromatic heterocycles. The van der Waals surface area contributed by atoms with Crippen molar-refractivity contribution in [2.24, 2.45) is 0 Å². The number of ether oxygens (including phenoxy) is 1. The first-order chi connectivity index (χ1) is 12.3. The van der Waals surface area contributed by atoms with E-state index in [-0.39, 0.29) is 0 Å². The van der Waals surface area contributed by atoms with Gasteiger partial charge in [-0.05, 0) is 56.6 Å². The summed E-state index contributed by atoms with van der Waals surface area (Å²) in [6.45, 7) is 8.73. The maximum atomic E-state index is 5.84. The highest BCUT2D eigenvalue weighted by atomic mass is 16.5. The number of likely N-dealkylation sites (N-methyl/N-ethyl adjacent to an activating group) is 1. The predicted octanol–water partition coefficient (Wildman–Crippen LogP) is 3.93. The van der Waals surface area contributed by atoms with Crippen LogP contribution in [-0.2, 0) is 6.42 Å². The van der Waals surface area contributed by atoms with Crippen molar-refractivity contribution in [2.45, 2.75) is 19.8 Å². The third kappa shape index (κ3) is 5.07. The van der Waals surface area contributed by atoms with Crippen molar-refractivity contribution in [1.29, 1.82) is 0 Å². The first kappa shape index (κ1) is 18.0. The summed E-state index contributed by atoms with van der Waals surface area (Å²) in [4.78, 5) is 5.00. The summed E-state index contributed by atoms with van der Waals surface area (Å²) in [5, 5.41) is 0. The molecule has 0 unspecified atom stereocenters. The lowest BCUT2D eigenvalue weighted by molar-refractivity contribution is 0.153. The SMILES string of the molecule is CCOc1ccc(CCCN2CCN(C)CC2)cc1-c1ccccc1. The van der Waals surface area contributed by atoms with Crippen LogP contribution in [0.1, 0.15) is 18.9 Å². The highest BCUT2D eigenvalue weighted by molar-refractivity contribution is 5.71. The van der Waals surface area contributed by atoms with Gasteiger partial charge in [0.2, 0.25) is 0 Å². The van der Waals surface area contributed by atoms with E-state index in [1.807, 2.05) is 6.92 Å². The number of piperazine rings is 1. The molecule has 2 aromatic rings. The van der Waals surface area contributed by atoms with E-state index < -0.39 is 0 Å². The Morgan fingerprint density at radius 3 is 2.44 bits per heavy atom. The molecule has 3 nitrogen and oxygen atoms in total. The first-order valence-electron chi connectivity index (χ1n) is 9.48. The molecule has 0 saturated carbocycles. The average molecular weight is 338 g/mol. The molecule has 1 saturated heterocycles. The third-order valence-corrected chi connectivity index (χ3v) is 4.96. The monoisotopic (exact) mass is 338 g/mol. The van der Waals surface area contributed by atoms with Gasteiger partial charge in [0.05, 0.1) is 6.61 Å². The summed E-state index contributed by atoms with van der Waals surface area (Å²) >= 11 is 0. The molecule has 3 rings (SSSR count). The van der Waals surface area contributed by atoms with Crippen LogP contribution in [0.15, 0.2) is 48.5 Å². The van der Waals surface area contributed by atoms with Gasteiger partial charge in [-0.2, -0.15) is 0 Å². The van der Waals surface area contributed by atoms with Gasteiger partial charge in [-0.1, -0.05) is 36.4 Å². The minimum Gasteiger partial charge on any atom is -0.493 e. The van der Waals surface area contributed by atoms with E-state index in [1.54, 1.807) is 0 Å². The molecule has 25 heavy (non-hydrogen) atoms. The van der Waals surface area contributed by atoms with E-state index in [2.05, 4.69) is 65.4 Å². The van der Waals surface area contributed by atoms with E-state index in [0.717, 1.165) is 12.2 Å². The van der Waals surface area contributed by atoms with E-state index in [0.29, 0.717) is 6.61 Å². The molecule has 2 aromatic carbocycles. The molecule has 0 aliphatic carbocycles. The smallest absolute Gasteiger partial charge is 0.127 e. The summed E-state index contributed by atoms with van der Waals surface area (Å²) in [7, 11) is 2.21. The molecular weight excluding hydrogens is 308 g/mol. The van der Waals surface area contributed by atoms with Crippen LogP contribution in [-0.4, -0.2) is 56.2 Å². The Labute approximate surface area is 152 Å². The van der Waals surface area contributed by atoms with E-state index >= 15 is 0 Å². The molecule has 0 radical (unpaired) electrons. The molecule has 1 aliphatic rings. The molecule has 1 heterocycles. The Bertz CT molecular complexity index is 648. The Morgan fingerprint density at radius 1 is 0.960 bits per heavy atom. The average Bonchev–Trinajstić information content (AvgIpc) is 2.65. The minimum atomic E-state index is 0.697. The zero-order valence-corrected chi connectivity index (χ0v) is 15.6. The van der Waals surface area contributed by atoms with Crippen molar-refractivity contribution in [1.82, 2.24) is 9.80 Å². The van der Waals surface area contributed by atoms with E-state index in [1.165, 1.54) is 55.8 Å². The Hall–Kier alpha value is -1.84. The molecule has 0 N–H and O–H groups in total. The standard InChI is InChI=1S/C22H30N2O/c1-3-25-22-12-11-19(18-21(22)20-9-5-4-6-10-20)8-7-13-24-16-14-23(2)15-17-24/h4-6,9-12,18H,3,7-8,13-17H2,1-2H3. The highest BCUT2D eigenvalue weighted by Gasteiger charge is 2.13. The van der Waals surface area contributed by atoms with Crippen LogP contribution in [0, 0.1) is 0 Å². The minimum absolute atomic E-state index is 0.697. The molecule has 0 bridgehead atoms. The number of hydrogen-bond donors (Lipinski definition) is 0. The van der Waals surface area contributed by atoms with Gasteiger partial charge in [-0.3, -0.25) is 0 Å².